The molecular formula is C11H18N2O4. The molecule has 0 radical (unpaired) electrons. The molecule has 1 rings (SSSR count). The SMILES string of the molecule is CCCCOCCNCc1cc(C(=O)O)no1. The van der Waals surface area contributed by atoms with Crippen molar-refractivity contribution in [3.8, 4) is 0 Å². The van der Waals surface area contributed by atoms with Crippen LogP contribution in [0, 0.1) is 0 Å². The summed E-state index contributed by atoms with van der Waals surface area (Å²) in [5.74, 6) is -0.571. The smallest absolute Gasteiger partial charge is 0.358 e. The molecule has 0 aliphatic carbocycles. The van der Waals surface area contributed by atoms with Crippen LogP contribution in [-0.4, -0.2) is 36.0 Å². The van der Waals surface area contributed by atoms with Crippen LogP contribution in [-0.2, 0) is 11.3 Å². The van der Waals surface area contributed by atoms with Gasteiger partial charge in [0.25, 0.3) is 0 Å². The summed E-state index contributed by atoms with van der Waals surface area (Å²) in [6.45, 7) is 4.69. The predicted octanol–water partition coefficient (Wildman–Crippen LogP) is 1.28. The monoisotopic (exact) mass is 242 g/mol. The largest absolute Gasteiger partial charge is 0.476 e. The van der Waals surface area contributed by atoms with Gasteiger partial charge in [-0.1, -0.05) is 18.5 Å². The molecule has 0 aromatic carbocycles. The first-order chi connectivity index (χ1) is 8.24. The molecule has 0 bridgehead atoms. The van der Waals surface area contributed by atoms with Gasteiger partial charge in [0, 0.05) is 19.2 Å². The summed E-state index contributed by atoms with van der Waals surface area (Å²) in [5, 5.41) is 15.1. The van der Waals surface area contributed by atoms with Crippen molar-refractivity contribution in [2.45, 2.75) is 26.3 Å². The number of nitrogens with zero attached hydrogens (tertiary/aromatic N) is 1. The van der Waals surface area contributed by atoms with Gasteiger partial charge in [-0.15, -0.1) is 0 Å². The van der Waals surface area contributed by atoms with E-state index in [9.17, 15) is 4.79 Å². The molecule has 17 heavy (non-hydrogen) atoms. The third-order valence-corrected chi connectivity index (χ3v) is 2.14. The summed E-state index contributed by atoms with van der Waals surface area (Å²) in [7, 11) is 0. The zero-order chi connectivity index (χ0) is 12.5. The second-order valence-electron chi connectivity index (χ2n) is 3.63. The quantitative estimate of drug-likeness (QED) is 0.634. The van der Waals surface area contributed by atoms with E-state index in [0.29, 0.717) is 25.5 Å². The third kappa shape index (κ3) is 5.46. The molecule has 1 aromatic rings. The molecule has 2 N–H and O–H groups in total. The summed E-state index contributed by atoms with van der Waals surface area (Å²) < 4.78 is 10.2. The summed E-state index contributed by atoms with van der Waals surface area (Å²) in [6, 6.07) is 1.41. The molecule has 0 amide bonds. The lowest BCUT2D eigenvalue weighted by Gasteiger charge is -2.03. The van der Waals surface area contributed by atoms with Crippen molar-refractivity contribution in [3.63, 3.8) is 0 Å². The molecule has 0 atom stereocenters. The molecule has 96 valence electrons. The standard InChI is InChI=1S/C11H18N2O4/c1-2-3-5-16-6-4-12-8-9-7-10(11(14)15)13-17-9/h7,12H,2-6,8H2,1H3,(H,14,15). The fraction of sp³-hybridized carbons (Fsp3) is 0.636. The molecule has 6 nitrogen and oxygen atoms in total. The number of hydrogen-bond acceptors (Lipinski definition) is 5. The Labute approximate surface area is 99.9 Å². The maximum atomic E-state index is 10.5. The van der Waals surface area contributed by atoms with Crippen molar-refractivity contribution in [3.05, 3.63) is 17.5 Å². The minimum Gasteiger partial charge on any atom is -0.476 e. The maximum Gasteiger partial charge on any atom is 0.358 e. The average Bonchev–Trinajstić information content (AvgIpc) is 2.77. The molecule has 1 heterocycles. The minimum absolute atomic E-state index is 0.0685. The number of nitrogens with one attached hydrogen (secondary N) is 1. The van der Waals surface area contributed by atoms with E-state index in [4.69, 9.17) is 14.4 Å². The number of carboxylic acid groups (broad SMARTS) is 1. The normalized spacial score (nSPS) is 10.6. The second kappa shape index (κ2) is 7.81. The second-order valence-corrected chi connectivity index (χ2v) is 3.63. The van der Waals surface area contributed by atoms with Crippen molar-refractivity contribution < 1.29 is 19.2 Å². The lowest BCUT2D eigenvalue weighted by molar-refractivity contribution is 0.0685. The molecule has 0 aliphatic heterocycles. The molecule has 1 aromatic heterocycles. The van der Waals surface area contributed by atoms with Gasteiger partial charge in [-0.25, -0.2) is 4.79 Å². The summed E-state index contributed by atoms with van der Waals surface area (Å²) in [5.41, 5.74) is -0.0685. The fourth-order valence-electron chi connectivity index (χ4n) is 1.20. The number of hydrogen-bond donors (Lipinski definition) is 2. The highest BCUT2D eigenvalue weighted by Crippen LogP contribution is 2.02. The van der Waals surface area contributed by atoms with Gasteiger partial charge in [-0.3, -0.25) is 0 Å². The van der Waals surface area contributed by atoms with Crippen LogP contribution in [0.15, 0.2) is 10.6 Å². The first-order valence-electron chi connectivity index (χ1n) is 5.71. The van der Waals surface area contributed by atoms with Crippen molar-refractivity contribution >= 4 is 5.97 Å². The highest BCUT2D eigenvalue weighted by Gasteiger charge is 2.09. The Morgan fingerprint density at radius 1 is 1.59 bits per heavy atom. The molecule has 0 aliphatic rings. The maximum absolute atomic E-state index is 10.5. The Kier molecular flexibility index (Phi) is 6.27. The zero-order valence-corrected chi connectivity index (χ0v) is 9.94. The van der Waals surface area contributed by atoms with E-state index in [0.717, 1.165) is 19.4 Å². The number of aromatic carboxylic acids is 1. The van der Waals surface area contributed by atoms with Gasteiger partial charge in [0.05, 0.1) is 13.2 Å². The van der Waals surface area contributed by atoms with Crippen LogP contribution in [0.25, 0.3) is 0 Å². The Hall–Kier alpha value is -1.40. The van der Waals surface area contributed by atoms with Gasteiger partial charge in [0.2, 0.25) is 0 Å². The summed E-state index contributed by atoms with van der Waals surface area (Å²) >= 11 is 0. The van der Waals surface area contributed by atoms with E-state index in [1.807, 2.05) is 0 Å². The minimum atomic E-state index is -1.08. The van der Waals surface area contributed by atoms with Crippen molar-refractivity contribution in [1.29, 1.82) is 0 Å². The molecule has 0 unspecified atom stereocenters. The van der Waals surface area contributed by atoms with E-state index in [1.54, 1.807) is 0 Å². The third-order valence-electron chi connectivity index (χ3n) is 2.14. The van der Waals surface area contributed by atoms with E-state index in [-0.39, 0.29) is 5.69 Å². The molecule has 0 saturated heterocycles. The first-order valence-corrected chi connectivity index (χ1v) is 5.71. The van der Waals surface area contributed by atoms with E-state index in [1.165, 1.54) is 6.07 Å². The summed E-state index contributed by atoms with van der Waals surface area (Å²) in [4.78, 5) is 10.5. The number of carboxylic acids is 1. The molecule has 6 heteroatoms. The number of ether oxygens (including phenoxy) is 1. The van der Waals surface area contributed by atoms with Crippen molar-refractivity contribution in [2.75, 3.05) is 19.8 Å². The number of aromatic nitrogens is 1. The average molecular weight is 242 g/mol. The Balaban J connectivity index is 2.07. The van der Waals surface area contributed by atoms with Crippen LogP contribution in [0.5, 0.6) is 0 Å². The zero-order valence-electron chi connectivity index (χ0n) is 9.94. The van der Waals surface area contributed by atoms with Crippen LogP contribution in [0.4, 0.5) is 0 Å². The number of carbonyl (C=O) groups is 1. The molecular weight excluding hydrogens is 224 g/mol. The summed E-state index contributed by atoms with van der Waals surface area (Å²) in [6.07, 6.45) is 2.20. The molecule has 0 fully saturated rings. The van der Waals surface area contributed by atoms with Gasteiger partial charge in [-0.05, 0) is 6.42 Å². The Bertz CT molecular complexity index is 338. The van der Waals surface area contributed by atoms with Gasteiger partial charge >= 0.3 is 5.97 Å². The van der Waals surface area contributed by atoms with Crippen molar-refractivity contribution in [2.24, 2.45) is 0 Å². The highest BCUT2D eigenvalue weighted by atomic mass is 16.5. The Morgan fingerprint density at radius 3 is 3.06 bits per heavy atom. The first kappa shape index (κ1) is 13.7. The highest BCUT2D eigenvalue weighted by molar-refractivity contribution is 5.85. The van der Waals surface area contributed by atoms with Gasteiger partial charge < -0.3 is 19.7 Å². The van der Waals surface area contributed by atoms with Gasteiger partial charge in [-0.2, -0.15) is 0 Å². The van der Waals surface area contributed by atoms with Crippen LogP contribution in [0.3, 0.4) is 0 Å². The van der Waals surface area contributed by atoms with Crippen molar-refractivity contribution in [1.82, 2.24) is 10.5 Å². The molecule has 0 spiro atoms. The fourth-order valence-corrected chi connectivity index (χ4v) is 1.20. The van der Waals surface area contributed by atoms with Crippen LogP contribution in [0.2, 0.25) is 0 Å². The number of unbranched alkanes of at least 4 members (excludes halogenated alkanes) is 1. The van der Waals surface area contributed by atoms with Gasteiger partial charge in [0.1, 0.15) is 0 Å². The Morgan fingerprint density at radius 2 is 2.41 bits per heavy atom. The lowest BCUT2D eigenvalue weighted by Crippen LogP contribution is -2.19. The van der Waals surface area contributed by atoms with E-state index < -0.39 is 5.97 Å². The van der Waals surface area contributed by atoms with Crippen LogP contribution < -0.4 is 5.32 Å². The van der Waals surface area contributed by atoms with Crippen LogP contribution in [0.1, 0.15) is 36.0 Å². The van der Waals surface area contributed by atoms with E-state index in [2.05, 4.69) is 17.4 Å². The predicted molar refractivity (Wildman–Crippen MR) is 60.9 cm³/mol. The molecule has 0 saturated carbocycles. The van der Waals surface area contributed by atoms with E-state index >= 15 is 0 Å². The lowest BCUT2D eigenvalue weighted by atomic mass is 10.3. The number of rotatable bonds is 9. The van der Waals surface area contributed by atoms with Crippen LogP contribution >= 0.6 is 0 Å². The van der Waals surface area contributed by atoms with Gasteiger partial charge in [0.15, 0.2) is 11.5 Å². The topological polar surface area (TPSA) is 84.6 Å².